The van der Waals surface area contributed by atoms with Gasteiger partial charge >= 0.3 is 0 Å². The van der Waals surface area contributed by atoms with Gasteiger partial charge < -0.3 is 5.32 Å². The molecule has 0 saturated heterocycles. The van der Waals surface area contributed by atoms with Crippen LogP contribution in [0.4, 0.5) is 21.6 Å². The number of aryl methyl sites for hydroxylation is 1. The Kier molecular flexibility index (Phi) is 5.64. The minimum absolute atomic E-state index is 0.239. The molecule has 4 aromatic rings. The predicted molar refractivity (Wildman–Crippen MR) is 119 cm³/mol. The summed E-state index contributed by atoms with van der Waals surface area (Å²) in [5.41, 5.74) is 3.05. The van der Waals surface area contributed by atoms with Gasteiger partial charge in [-0.1, -0.05) is 30.3 Å². The highest BCUT2D eigenvalue weighted by atomic mass is 32.2. The van der Waals surface area contributed by atoms with Crippen molar-refractivity contribution >= 4 is 27.2 Å². The van der Waals surface area contributed by atoms with Gasteiger partial charge in [0.2, 0.25) is 0 Å². The summed E-state index contributed by atoms with van der Waals surface area (Å²) in [7, 11) is -3.68. The lowest BCUT2D eigenvalue weighted by molar-refractivity contribution is 0.600. The number of hydrogen-bond acceptors (Lipinski definition) is 5. The molecule has 0 saturated carbocycles. The highest BCUT2D eigenvalue weighted by Crippen LogP contribution is 2.24. The molecule has 0 aliphatic carbocycles. The van der Waals surface area contributed by atoms with Gasteiger partial charge in [-0.05, 0) is 55.0 Å². The third-order valence-electron chi connectivity index (χ3n) is 4.58. The highest BCUT2D eigenvalue weighted by molar-refractivity contribution is 7.92. The van der Waals surface area contributed by atoms with Crippen molar-refractivity contribution in [2.24, 2.45) is 0 Å². The van der Waals surface area contributed by atoms with Gasteiger partial charge in [-0.15, -0.1) is 0 Å². The Morgan fingerprint density at radius 1 is 0.839 bits per heavy atom. The average molecular weight is 434 g/mol. The predicted octanol–water partition coefficient (Wildman–Crippen LogP) is 5.14. The zero-order valence-electron chi connectivity index (χ0n) is 16.6. The van der Waals surface area contributed by atoms with Crippen LogP contribution >= 0.6 is 0 Å². The van der Waals surface area contributed by atoms with E-state index in [0.29, 0.717) is 34.0 Å². The topological polar surface area (TPSA) is 84.0 Å². The van der Waals surface area contributed by atoms with Crippen LogP contribution in [0.2, 0.25) is 0 Å². The summed E-state index contributed by atoms with van der Waals surface area (Å²) < 4.78 is 41.3. The summed E-state index contributed by atoms with van der Waals surface area (Å²) in [6, 6.07) is 21.5. The molecule has 0 aliphatic heterocycles. The molecule has 2 N–H and O–H groups in total. The van der Waals surface area contributed by atoms with Crippen molar-refractivity contribution in [2.75, 3.05) is 10.0 Å². The van der Waals surface area contributed by atoms with Gasteiger partial charge in [0.1, 0.15) is 18.0 Å². The number of hydrogen-bond donors (Lipinski definition) is 2. The Bertz CT molecular complexity index is 1330. The number of halogens is 1. The van der Waals surface area contributed by atoms with Crippen molar-refractivity contribution in [3.05, 3.63) is 96.6 Å². The minimum Gasteiger partial charge on any atom is -0.340 e. The van der Waals surface area contributed by atoms with Crippen LogP contribution in [-0.2, 0) is 10.0 Å². The molecule has 31 heavy (non-hydrogen) atoms. The van der Waals surface area contributed by atoms with Crippen molar-refractivity contribution in [1.82, 2.24) is 9.97 Å². The molecule has 0 fully saturated rings. The number of nitrogens with one attached hydrogen (secondary N) is 2. The van der Waals surface area contributed by atoms with Crippen LogP contribution in [0.1, 0.15) is 5.56 Å². The van der Waals surface area contributed by atoms with E-state index in [1.165, 1.54) is 18.5 Å². The first-order chi connectivity index (χ1) is 14.9. The monoisotopic (exact) mass is 434 g/mol. The first-order valence-electron chi connectivity index (χ1n) is 9.44. The molecular formula is C23H19FN4O2S. The summed E-state index contributed by atoms with van der Waals surface area (Å²) in [5.74, 6) is 0.192. The van der Waals surface area contributed by atoms with Crippen LogP contribution < -0.4 is 10.0 Å². The van der Waals surface area contributed by atoms with E-state index in [2.05, 4.69) is 20.0 Å². The van der Waals surface area contributed by atoms with E-state index >= 15 is 0 Å². The van der Waals surface area contributed by atoms with Crippen molar-refractivity contribution in [2.45, 2.75) is 11.8 Å². The van der Waals surface area contributed by atoms with Gasteiger partial charge in [-0.25, -0.2) is 22.8 Å². The quantitative estimate of drug-likeness (QED) is 0.439. The van der Waals surface area contributed by atoms with E-state index in [1.807, 2.05) is 0 Å². The Labute approximate surface area is 179 Å². The third kappa shape index (κ3) is 4.87. The second kappa shape index (κ2) is 8.53. The summed E-state index contributed by atoms with van der Waals surface area (Å²) in [6.45, 7) is 1.75. The third-order valence-corrected chi connectivity index (χ3v) is 6.12. The van der Waals surface area contributed by atoms with Gasteiger partial charge in [-0.2, -0.15) is 0 Å². The van der Waals surface area contributed by atoms with E-state index in [9.17, 15) is 12.8 Å². The van der Waals surface area contributed by atoms with Crippen molar-refractivity contribution in [1.29, 1.82) is 0 Å². The average Bonchev–Trinajstić information content (AvgIpc) is 2.75. The molecular weight excluding hydrogens is 415 g/mol. The van der Waals surface area contributed by atoms with Crippen molar-refractivity contribution in [3.63, 3.8) is 0 Å². The fraction of sp³-hybridized carbons (Fsp3) is 0.0435. The molecule has 0 radical (unpaired) electrons. The lowest BCUT2D eigenvalue weighted by atomic mass is 10.1. The van der Waals surface area contributed by atoms with Crippen LogP contribution in [0.3, 0.4) is 0 Å². The molecule has 3 aromatic carbocycles. The minimum atomic E-state index is -3.68. The Hall–Kier alpha value is -3.78. The second-order valence-electron chi connectivity index (χ2n) is 6.87. The standard InChI is InChI=1S/C23H19FN4O2S/c1-16-5-2-3-8-22(16)31(29,30)28-20-11-9-19(10-12-20)27-23-14-21(25-15-26-23)17-6-4-7-18(24)13-17/h2-15,28H,1H3,(H,25,26,27). The molecule has 8 heteroatoms. The maximum Gasteiger partial charge on any atom is 0.262 e. The SMILES string of the molecule is Cc1ccccc1S(=O)(=O)Nc1ccc(Nc2cc(-c3cccc(F)c3)ncn2)cc1. The Morgan fingerprint density at radius 3 is 2.32 bits per heavy atom. The molecule has 1 heterocycles. The van der Waals surface area contributed by atoms with E-state index < -0.39 is 10.0 Å². The number of benzene rings is 3. The number of nitrogens with zero attached hydrogens (tertiary/aromatic N) is 2. The van der Waals surface area contributed by atoms with E-state index in [-0.39, 0.29) is 10.7 Å². The number of sulfonamides is 1. The van der Waals surface area contributed by atoms with Gasteiger partial charge in [0, 0.05) is 23.0 Å². The van der Waals surface area contributed by atoms with Gasteiger partial charge in [0.25, 0.3) is 10.0 Å². The van der Waals surface area contributed by atoms with Crippen LogP contribution in [0, 0.1) is 12.7 Å². The van der Waals surface area contributed by atoms with Crippen LogP contribution in [0.5, 0.6) is 0 Å². The molecule has 0 aliphatic rings. The van der Waals surface area contributed by atoms with Crippen LogP contribution in [0.25, 0.3) is 11.3 Å². The van der Waals surface area contributed by atoms with Crippen molar-refractivity contribution < 1.29 is 12.8 Å². The molecule has 1 aromatic heterocycles. The lowest BCUT2D eigenvalue weighted by Crippen LogP contribution is -2.14. The van der Waals surface area contributed by atoms with E-state index in [0.717, 1.165) is 0 Å². The largest absolute Gasteiger partial charge is 0.340 e. The molecule has 0 amide bonds. The highest BCUT2D eigenvalue weighted by Gasteiger charge is 2.16. The second-order valence-corrected chi connectivity index (χ2v) is 8.52. The zero-order valence-corrected chi connectivity index (χ0v) is 17.4. The van der Waals surface area contributed by atoms with Gasteiger partial charge in [0.05, 0.1) is 10.6 Å². The summed E-state index contributed by atoms with van der Waals surface area (Å²) in [6.07, 6.45) is 1.40. The maximum atomic E-state index is 13.5. The number of rotatable bonds is 6. The fourth-order valence-corrected chi connectivity index (χ4v) is 4.37. The molecule has 0 unspecified atom stereocenters. The fourth-order valence-electron chi connectivity index (χ4n) is 3.07. The summed E-state index contributed by atoms with van der Waals surface area (Å²) in [4.78, 5) is 8.61. The Balaban J connectivity index is 1.49. The number of aromatic nitrogens is 2. The van der Waals surface area contributed by atoms with Crippen LogP contribution in [0.15, 0.2) is 90.1 Å². The molecule has 0 bridgehead atoms. The van der Waals surface area contributed by atoms with Crippen molar-refractivity contribution in [3.8, 4) is 11.3 Å². The first kappa shape index (κ1) is 20.5. The number of anilines is 3. The summed E-state index contributed by atoms with van der Waals surface area (Å²) >= 11 is 0. The molecule has 0 spiro atoms. The lowest BCUT2D eigenvalue weighted by Gasteiger charge is -2.11. The van der Waals surface area contributed by atoms with E-state index in [1.54, 1.807) is 73.7 Å². The normalized spacial score (nSPS) is 11.2. The molecule has 156 valence electrons. The smallest absolute Gasteiger partial charge is 0.262 e. The first-order valence-corrected chi connectivity index (χ1v) is 10.9. The zero-order chi connectivity index (χ0) is 21.8. The maximum absolute atomic E-state index is 13.5. The van der Waals surface area contributed by atoms with Gasteiger partial charge in [0.15, 0.2) is 0 Å². The summed E-state index contributed by atoms with van der Waals surface area (Å²) in [5, 5.41) is 3.14. The van der Waals surface area contributed by atoms with E-state index in [4.69, 9.17) is 0 Å². The molecule has 6 nitrogen and oxygen atoms in total. The Morgan fingerprint density at radius 2 is 1.58 bits per heavy atom. The molecule has 0 atom stereocenters. The molecule has 4 rings (SSSR count). The van der Waals surface area contributed by atoms with Gasteiger partial charge in [-0.3, -0.25) is 4.72 Å². The van der Waals surface area contributed by atoms with Crippen LogP contribution in [-0.4, -0.2) is 18.4 Å².